The number of nitrogens with zero attached hydrogens (tertiary/aromatic N) is 2. The van der Waals surface area contributed by atoms with Gasteiger partial charge in [-0.15, -0.1) is 0 Å². The normalized spacial score (nSPS) is 19.8. The third-order valence-corrected chi connectivity index (χ3v) is 3.65. The van der Waals surface area contributed by atoms with Crippen LogP contribution in [0.15, 0.2) is 0 Å². The molecule has 0 saturated carbocycles. The van der Waals surface area contributed by atoms with Crippen molar-refractivity contribution in [2.24, 2.45) is 11.1 Å². The van der Waals surface area contributed by atoms with Gasteiger partial charge in [-0.1, -0.05) is 0 Å². The van der Waals surface area contributed by atoms with Gasteiger partial charge in [0, 0.05) is 19.6 Å². The standard InChI is InChI=1S/C12H25N3O/c1-12(2,9-13)11(16)15(4)10-5-7-14(3)8-6-10/h10H,5-9,13H2,1-4H3. The maximum absolute atomic E-state index is 12.2. The highest BCUT2D eigenvalue weighted by molar-refractivity contribution is 5.82. The first kappa shape index (κ1) is 13.5. The average Bonchev–Trinajstić information content (AvgIpc) is 2.28. The molecule has 0 aromatic carbocycles. The Kier molecular flexibility index (Phi) is 4.33. The molecule has 0 aliphatic carbocycles. The third-order valence-electron chi connectivity index (χ3n) is 3.65. The molecule has 0 radical (unpaired) electrons. The summed E-state index contributed by atoms with van der Waals surface area (Å²) in [7, 11) is 4.04. The van der Waals surface area contributed by atoms with Gasteiger partial charge in [0.1, 0.15) is 0 Å². The number of rotatable bonds is 3. The smallest absolute Gasteiger partial charge is 0.229 e. The fraction of sp³-hybridized carbons (Fsp3) is 0.917. The first-order valence-corrected chi connectivity index (χ1v) is 6.04. The van der Waals surface area contributed by atoms with Gasteiger partial charge in [0.05, 0.1) is 5.41 Å². The first-order valence-electron chi connectivity index (χ1n) is 6.04. The first-order chi connectivity index (χ1) is 7.38. The summed E-state index contributed by atoms with van der Waals surface area (Å²) in [6.07, 6.45) is 2.14. The second kappa shape index (κ2) is 5.15. The molecule has 1 saturated heterocycles. The van der Waals surface area contributed by atoms with Crippen LogP contribution in [0.1, 0.15) is 26.7 Å². The molecule has 1 amide bonds. The minimum Gasteiger partial charge on any atom is -0.342 e. The number of likely N-dealkylation sites (tertiary alicyclic amines) is 1. The largest absolute Gasteiger partial charge is 0.342 e. The predicted octanol–water partition coefficient (Wildman–Crippen LogP) is 0.524. The van der Waals surface area contributed by atoms with Crippen molar-refractivity contribution in [2.45, 2.75) is 32.7 Å². The van der Waals surface area contributed by atoms with Crippen LogP contribution in [0.4, 0.5) is 0 Å². The minimum absolute atomic E-state index is 0.171. The van der Waals surface area contributed by atoms with Gasteiger partial charge in [0.25, 0.3) is 0 Å². The number of nitrogens with two attached hydrogens (primary N) is 1. The molecule has 4 heteroatoms. The Hall–Kier alpha value is -0.610. The zero-order valence-electron chi connectivity index (χ0n) is 11.0. The number of hydrogen-bond acceptors (Lipinski definition) is 3. The van der Waals surface area contributed by atoms with Crippen molar-refractivity contribution in [3.63, 3.8) is 0 Å². The van der Waals surface area contributed by atoms with E-state index in [0.717, 1.165) is 25.9 Å². The summed E-state index contributed by atoms with van der Waals surface area (Å²) < 4.78 is 0. The van der Waals surface area contributed by atoms with Gasteiger partial charge in [-0.2, -0.15) is 0 Å². The van der Waals surface area contributed by atoms with Gasteiger partial charge in [-0.3, -0.25) is 4.79 Å². The molecule has 0 aromatic rings. The van der Waals surface area contributed by atoms with Gasteiger partial charge in [-0.05, 0) is 46.8 Å². The molecular formula is C12H25N3O. The predicted molar refractivity (Wildman–Crippen MR) is 66.1 cm³/mol. The van der Waals surface area contributed by atoms with Crippen molar-refractivity contribution < 1.29 is 4.79 Å². The molecular weight excluding hydrogens is 202 g/mol. The molecule has 1 rings (SSSR count). The number of carbonyl (C=O) groups excluding carboxylic acids is 1. The van der Waals surface area contributed by atoms with Gasteiger partial charge >= 0.3 is 0 Å². The molecule has 0 spiro atoms. The molecule has 1 aliphatic heterocycles. The van der Waals surface area contributed by atoms with Crippen molar-refractivity contribution in [1.82, 2.24) is 9.80 Å². The lowest BCUT2D eigenvalue weighted by atomic mass is 9.90. The topological polar surface area (TPSA) is 49.6 Å². The highest BCUT2D eigenvalue weighted by Crippen LogP contribution is 2.21. The quantitative estimate of drug-likeness (QED) is 0.765. The monoisotopic (exact) mass is 227 g/mol. The van der Waals surface area contributed by atoms with Crippen LogP contribution in [0.3, 0.4) is 0 Å². The van der Waals surface area contributed by atoms with E-state index in [0.29, 0.717) is 12.6 Å². The summed E-state index contributed by atoms with van der Waals surface area (Å²) in [5.41, 5.74) is 5.21. The van der Waals surface area contributed by atoms with Crippen LogP contribution in [0.2, 0.25) is 0 Å². The van der Waals surface area contributed by atoms with Crippen LogP contribution < -0.4 is 5.73 Å². The summed E-state index contributed by atoms with van der Waals surface area (Å²) in [5.74, 6) is 0.171. The Morgan fingerprint density at radius 3 is 2.38 bits per heavy atom. The van der Waals surface area contributed by atoms with E-state index in [1.165, 1.54) is 0 Å². The van der Waals surface area contributed by atoms with E-state index in [1.54, 1.807) is 0 Å². The second-order valence-corrected chi connectivity index (χ2v) is 5.54. The molecule has 4 nitrogen and oxygen atoms in total. The highest BCUT2D eigenvalue weighted by Gasteiger charge is 2.33. The Labute approximate surface area is 98.8 Å². The summed E-state index contributed by atoms with van der Waals surface area (Å²) in [6.45, 7) is 6.39. The third kappa shape index (κ3) is 2.95. The fourth-order valence-electron chi connectivity index (χ4n) is 2.11. The molecule has 1 fully saturated rings. The molecule has 1 aliphatic rings. The number of carbonyl (C=O) groups is 1. The van der Waals surface area contributed by atoms with Gasteiger partial charge < -0.3 is 15.5 Å². The van der Waals surface area contributed by atoms with E-state index in [4.69, 9.17) is 5.73 Å². The Morgan fingerprint density at radius 1 is 1.44 bits per heavy atom. The van der Waals surface area contributed by atoms with Crippen LogP contribution in [-0.4, -0.2) is 55.5 Å². The number of amides is 1. The molecule has 2 N–H and O–H groups in total. The summed E-state index contributed by atoms with van der Waals surface area (Å²) >= 11 is 0. The molecule has 16 heavy (non-hydrogen) atoms. The van der Waals surface area contributed by atoms with Crippen LogP contribution in [0, 0.1) is 5.41 Å². The van der Waals surface area contributed by atoms with E-state index in [-0.39, 0.29) is 5.91 Å². The summed E-state index contributed by atoms with van der Waals surface area (Å²) in [5, 5.41) is 0. The lowest BCUT2D eigenvalue weighted by molar-refractivity contribution is -0.141. The molecule has 1 heterocycles. The van der Waals surface area contributed by atoms with Gasteiger partial charge in [0.15, 0.2) is 0 Å². The van der Waals surface area contributed by atoms with E-state index in [1.807, 2.05) is 25.8 Å². The van der Waals surface area contributed by atoms with Crippen LogP contribution in [0.5, 0.6) is 0 Å². The van der Waals surface area contributed by atoms with E-state index < -0.39 is 5.41 Å². The van der Waals surface area contributed by atoms with Crippen LogP contribution in [0.25, 0.3) is 0 Å². The van der Waals surface area contributed by atoms with E-state index in [2.05, 4.69) is 11.9 Å². The van der Waals surface area contributed by atoms with Crippen molar-refractivity contribution in [3.8, 4) is 0 Å². The molecule has 0 bridgehead atoms. The fourth-order valence-corrected chi connectivity index (χ4v) is 2.11. The molecule has 0 aromatic heterocycles. The SMILES string of the molecule is CN1CCC(N(C)C(=O)C(C)(C)CN)CC1. The number of hydrogen-bond donors (Lipinski definition) is 1. The molecule has 94 valence electrons. The van der Waals surface area contributed by atoms with Crippen molar-refractivity contribution in [2.75, 3.05) is 33.7 Å². The van der Waals surface area contributed by atoms with E-state index >= 15 is 0 Å². The highest BCUT2D eigenvalue weighted by atomic mass is 16.2. The minimum atomic E-state index is -0.432. The van der Waals surface area contributed by atoms with Crippen molar-refractivity contribution in [1.29, 1.82) is 0 Å². The second-order valence-electron chi connectivity index (χ2n) is 5.54. The maximum atomic E-state index is 12.2. The zero-order valence-corrected chi connectivity index (χ0v) is 11.0. The van der Waals surface area contributed by atoms with Crippen LogP contribution in [-0.2, 0) is 4.79 Å². The Balaban J connectivity index is 2.57. The molecule has 0 unspecified atom stereocenters. The van der Waals surface area contributed by atoms with Gasteiger partial charge in [-0.25, -0.2) is 0 Å². The maximum Gasteiger partial charge on any atom is 0.229 e. The zero-order chi connectivity index (χ0) is 12.3. The van der Waals surface area contributed by atoms with E-state index in [9.17, 15) is 4.79 Å². The van der Waals surface area contributed by atoms with Crippen LogP contribution >= 0.6 is 0 Å². The molecule has 0 atom stereocenters. The van der Waals surface area contributed by atoms with Crippen molar-refractivity contribution >= 4 is 5.91 Å². The Morgan fingerprint density at radius 2 is 1.94 bits per heavy atom. The summed E-state index contributed by atoms with van der Waals surface area (Å²) in [4.78, 5) is 16.4. The Bertz CT molecular complexity index is 245. The summed E-state index contributed by atoms with van der Waals surface area (Å²) in [6, 6.07) is 0.384. The lowest BCUT2D eigenvalue weighted by Gasteiger charge is -2.38. The van der Waals surface area contributed by atoms with Gasteiger partial charge in [0.2, 0.25) is 5.91 Å². The number of piperidine rings is 1. The van der Waals surface area contributed by atoms with Crippen molar-refractivity contribution in [3.05, 3.63) is 0 Å². The average molecular weight is 227 g/mol. The lowest BCUT2D eigenvalue weighted by Crippen LogP contribution is -2.50.